The molecule has 1 aromatic carbocycles. The molecule has 3 aliphatic heterocycles. The van der Waals surface area contributed by atoms with Gasteiger partial charge in [-0.05, 0) is 63.0 Å². The monoisotopic (exact) mass is 423 g/mol. The number of hydrogen-bond acceptors (Lipinski definition) is 3. The third kappa shape index (κ3) is 4.52. The molecule has 0 aromatic heterocycles. The Kier molecular flexibility index (Phi) is 6.31. The SMILES string of the molecule is O=C(NC1C[C@H]2CCC[C@@H](C1)N2CC(=O)N1CCCc2ccccc21)C1CCCCC1. The van der Waals surface area contributed by atoms with Gasteiger partial charge in [0.15, 0.2) is 0 Å². The van der Waals surface area contributed by atoms with Crippen LogP contribution in [0.15, 0.2) is 24.3 Å². The van der Waals surface area contributed by atoms with Crippen LogP contribution in [0, 0.1) is 5.92 Å². The van der Waals surface area contributed by atoms with E-state index in [-0.39, 0.29) is 23.8 Å². The number of carbonyl (C=O) groups is 2. The molecular formula is C26H37N3O2. The van der Waals surface area contributed by atoms with Gasteiger partial charge in [0.25, 0.3) is 0 Å². The summed E-state index contributed by atoms with van der Waals surface area (Å²) in [6.07, 6.45) is 13.4. The van der Waals surface area contributed by atoms with Gasteiger partial charge < -0.3 is 10.2 Å². The third-order valence-corrected chi connectivity index (χ3v) is 8.18. The smallest absolute Gasteiger partial charge is 0.241 e. The zero-order valence-corrected chi connectivity index (χ0v) is 18.7. The minimum absolute atomic E-state index is 0.229. The molecule has 1 unspecified atom stereocenters. The average Bonchev–Trinajstić information content (AvgIpc) is 2.79. The Balaban J connectivity index is 1.22. The average molecular weight is 424 g/mol. The van der Waals surface area contributed by atoms with Gasteiger partial charge in [-0.15, -0.1) is 0 Å². The Morgan fingerprint density at radius 3 is 2.42 bits per heavy atom. The normalized spacial score (nSPS) is 29.3. The number of nitrogens with one attached hydrogen (secondary N) is 1. The number of hydrogen-bond donors (Lipinski definition) is 1. The fourth-order valence-corrected chi connectivity index (χ4v) is 6.57. The Labute approximate surface area is 186 Å². The number of carbonyl (C=O) groups excluding carboxylic acids is 2. The molecule has 0 spiro atoms. The lowest BCUT2D eigenvalue weighted by atomic mass is 9.81. The molecule has 31 heavy (non-hydrogen) atoms. The van der Waals surface area contributed by atoms with Gasteiger partial charge in [0.2, 0.25) is 11.8 Å². The zero-order valence-electron chi connectivity index (χ0n) is 18.7. The van der Waals surface area contributed by atoms with E-state index >= 15 is 0 Å². The van der Waals surface area contributed by atoms with E-state index < -0.39 is 0 Å². The Hall–Kier alpha value is -1.88. The van der Waals surface area contributed by atoms with Crippen LogP contribution >= 0.6 is 0 Å². The molecule has 4 aliphatic rings. The highest BCUT2D eigenvalue weighted by Gasteiger charge is 2.40. The highest BCUT2D eigenvalue weighted by Crippen LogP contribution is 2.35. The van der Waals surface area contributed by atoms with Gasteiger partial charge in [-0.2, -0.15) is 0 Å². The van der Waals surface area contributed by atoms with Crippen LogP contribution in [0.3, 0.4) is 0 Å². The molecule has 1 N–H and O–H groups in total. The number of benzene rings is 1. The van der Waals surface area contributed by atoms with Crippen molar-refractivity contribution in [1.82, 2.24) is 10.2 Å². The lowest BCUT2D eigenvalue weighted by Gasteiger charge is -2.49. The minimum atomic E-state index is 0.229. The van der Waals surface area contributed by atoms with Crippen LogP contribution in [0.2, 0.25) is 0 Å². The lowest BCUT2D eigenvalue weighted by Crippen LogP contribution is -2.59. The van der Waals surface area contributed by atoms with Gasteiger partial charge in [-0.25, -0.2) is 0 Å². The van der Waals surface area contributed by atoms with E-state index in [0.29, 0.717) is 18.6 Å². The highest BCUT2D eigenvalue weighted by molar-refractivity contribution is 5.96. The number of amides is 2. The fourth-order valence-electron chi connectivity index (χ4n) is 6.57. The largest absolute Gasteiger partial charge is 0.353 e. The number of para-hydroxylation sites is 1. The van der Waals surface area contributed by atoms with Crippen LogP contribution in [0.25, 0.3) is 0 Å². The van der Waals surface area contributed by atoms with Crippen molar-refractivity contribution >= 4 is 17.5 Å². The first-order valence-corrected chi connectivity index (χ1v) is 12.6. The van der Waals surface area contributed by atoms with Crippen molar-refractivity contribution in [2.75, 3.05) is 18.0 Å². The number of rotatable bonds is 4. The molecule has 2 saturated heterocycles. The molecular weight excluding hydrogens is 386 g/mol. The number of nitrogens with zero attached hydrogens (tertiary/aromatic N) is 2. The molecule has 168 valence electrons. The standard InChI is InChI=1S/C26H37N3O2/c30-25(28-15-7-11-19-8-4-5-14-24(19)28)18-29-22-12-6-13-23(29)17-21(16-22)27-26(31)20-9-2-1-3-10-20/h4-5,8,14,20-23H,1-3,6-7,9-13,15-18H2,(H,27,31)/t21?,22-,23+. The summed E-state index contributed by atoms with van der Waals surface area (Å²) in [4.78, 5) is 30.6. The second-order valence-corrected chi connectivity index (χ2v) is 10.2. The van der Waals surface area contributed by atoms with E-state index in [0.717, 1.165) is 63.6 Å². The summed E-state index contributed by atoms with van der Waals surface area (Å²) in [7, 11) is 0. The maximum absolute atomic E-state index is 13.3. The molecule has 3 atom stereocenters. The van der Waals surface area contributed by atoms with Crippen LogP contribution in [-0.2, 0) is 16.0 Å². The third-order valence-electron chi connectivity index (χ3n) is 8.18. The molecule has 2 amide bonds. The molecule has 1 saturated carbocycles. The van der Waals surface area contributed by atoms with Crippen LogP contribution in [0.5, 0.6) is 0 Å². The molecule has 3 fully saturated rings. The van der Waals surface area contributed by atoms with Crippen molar-refractivity contribution in [3.8, 4) is 0 Å². The van der Waals surface area contributed by atoms with Crippen molar-refractivity contribution in [1.29, 1.82) is 0 Å². The Morgan fingerprint density at radius 2 is 1.65 bits per heavy atom. The minimum Gasteiger partial charge on any atom is -0.353 e. The van der Waals surface area contributed by atoms with Gasteiger partial charge in [0, 0.05) is 36.3 Å². The van der Waals surface area contributed by atoms with E-state index in [1.54, 1.807) is 0 Å². The van der Waals surface area contributed by atoms with E-state index in [2.05, 4.69) is 28.4 Å². The topological polar surface area (TPSA) is 52.7 Å². The number of anilines is 1. The summed E-state index contributed by atoms with van der Waals surface area (Å²) in [5.41, 5.74) is 2.41. The predicted octanol–water partition coefficient (Wildman–Crippen LogP) is 4.05. The van der Waals surface area contributed by atoms with E-state index in [4.69, 9.17) is 0 Å². The summed E-state index contributed by atoms with van der Waals surface area (Å²) < 4.78 is 0. The van der Waals surface area contributed by atoms with Crippen molar-refractivity contribution in [2.45, 2.75) is 95.2 Å². The van der Waals surface area contributed by atoms with Crippen LogP contribution < -0.4 is 10.2 Å². The first kappa shape index (κ1) is 21.0. The van der Waals surface area contributed by atoms with Crippen molar-refractivity contribution in [3.05, 3.63) is 29.8 Å². The van der Waals surface area contributed by atoms with E-state index in [1.807, 2.05) is 11.0 Å². The van der Waals surface area contributed by atoms with E-state index in [9.17, 15) is 9.59 Å². The highest BCUT2D eigenvalue weighted by atomic mass is 16.2. The van der Waals surface area contributed by atoms with E-state index in [1.165, 1.54) is 31.2 Å². The van der Waals surface area contributed by atoms with Gasteiger partial charge in [0.05, 0.1) is 6.54 Å². The van der Waals surface area contributed by atoms with Crippen molar-refractivity contribution in [3.63, 3.8) is 0 Å². The molecule has 1 aromatic rings. The summed E-state index contributed by atoms with van der Waals surface area (Å²) in [6, 6.07) is 9.50. The van der Waals surface area contributed by atoms with Crippen LogP contribution in [0.1, 0.15) is 76.2 Å². The number of piperidine rings is 2. The summed E-state index contributed by atoms with van der Waals surface area (Å²) in [5, 5.41) is 3.41. The molecule has 5 nitrogen and oxygen atoms in total. The maximum atomic E-state index is 13.3. The zero-order chi connectivity index (χ0) is 21.2. The summed E-state index contributed by atoms with van der Waals surface area (Å²) >= 11 is 0. The first-order chi connectivity index (χ1) is 15.2. The molecule has 2 bridgehead atoms. The number of fused-ring (bicyclic) bond motifs is 3. The first-order valence-electron chi connectivity index (χ1n) is 12.6. The molecule has 5 rings (SSSR count). The van der Waals surface area contributed by atoms with Gasteiger partial charge in [0.1, 0.15) is 0 Å². The Bertz CT molecular complexity index is 790. The predicted molar refractivity (Wildman–Crippen MR) is 123 cm³/mol. The van der Waals surface area contributed by atoms with Gasteiger partial charge in [-0.1, -0.05) is 43.9 Å². The molecule has 5 heteroatoms. The molecule has 0 radical (unpaired) electrons. The van der Waals surface area contributed by atoms with Crippen molar-refractivity contribution < 1.29 is 9.59 Å². The maximum Gasteiger partial charge on any atom is 0.241 e. The summed E-state index contributed by atoms with van der Waals surface area (Å²) in [5.74, 6) is 0.762. The van der Waals surface area contributed by atoms with Gasteiger partial charge in [-0.3, -0.25) is 14.5 Å². The van der Waals surface area contributed by atoms with Crippen LogP contribution in [0.4, 0.5) is 5.69 Å². The van der Waals surface area contributed by atoms with Crippen LogP contribution in [-0.4, -0.2) is 47.9 Å². The fraction of sp³-hybridized carbons (Fsp3) is 0.692. The van der Waals surface area contributed by atoms with Crippen molar-refractivity contribution in [2.24, 2.45) is 5.92 Å². The second-order valence-electron chi connectivity index (χ2n) is 10.2. The Morgan fingerprint density at radius 1 is 0.903 bits per heavy atom. The molecule has 1 aliphatic carbocycles. The lowest BCUT2D eigenvalue weighted by molar-refractivity contribution is -0.129. The second kappa shape index (κ2) is 9.32. The summed E-state index contributed by atoms with van der Waals surface area (Å²) in [6.45, 7) is 1.35. The quantitative estimate of drug-likeness (QED) is 0.795. The molecule has 3 heterocycles. The van der Waals surface area contributed by atoms with Gasteiger partial charge >= 0.3 is 0 Å². The number of aryl methyl sites for hydroxylation is 1.